The van der Waals surface area contributed by atoms with E-state index in [9.17, 15) is 5.11 Å². The van der Waals surface area contributed by atoms with Crippen molar-refractivity contribution in [3.8, 4) is 6.07 Å². The maximum atomic E-state index is 9.31. The van der Waals surface area contributed by atoms with E-state index in [4.69, 9.17) is 5.26 Å². The van der Waals surface area contributed by atoms with Gasteiger partial charge in [0.05, 0.1) is 11.3 Å². The van der Waals surface area contributed by atoms with E-state index in [1.54, 1.807) is 0 Å². The largest absolute Gasteiger partial charge is 0.396 e. The van der Waals surface area contributed by atoms with Gasteiger partial charge in [0.25, 0.3) is 0 Å². The predicted octanol–water partition coefficient (Wildman–Crippen LogP) is 2.44. The number of nitrogens with zero attached hydrogens (tertiary/aromatic N) is 1. The van der Waals surface area contributed by atoms with Crippen LogP contribution >= 0.6 is 0 Å². The summed E-state index contributed by atoms with van der Waals surface area (Å²) in [6, 6.07) is 8.26. The van der Waals surface area contributed by atoms with Crippen LogP contribution in [-0.2, 0) is 0 Å². The smallest absolute Gasteiger partial charge is 0.101 e. The second kappa shape index (κ2) is 5.20. The van der Waals surface area contributed by atoms with E-state index in [1.807, 2.05) is 25.1 Å². The van der Waals surface area contributed by atoms with Crippen molar-refractivity contribution in [2.75, 3.05) is 11.9 Å². The minimum atomic E-state index is 0.228. The van der Waals surface area contributed by atoms with E-state index in [0.29, 0.717) is 17.5 Å². The molecule has 2 unspecified atom stereocenters. The van der Waals surface area contributed by atoms with E-state index in [0.717, 1.165) is 30.5 Å². The highest BCUT2D eigenvalue weighted by molar-refractivity contribution is 5.62. The Hall–Kier alpha value is -1.53. The summed E-state index contributed by atoms with van der Waals surface area (Å²) in [5.41, 5.74) is 2.71. The summed E-state index contributed by atoms with van der Waals surface area (Å²) in [6.45, 7) is 2.23. The van der Waals surface area contributed by atoms with E-state index < -0.39 is 0 Å². The van der Waals surface area contributed by atoms with Gasteiger partial charge in [-0.05, 0) is 31.4 Å². The number of nitriles is 1. The molecule has 0 spiro atoms. The first-order chi connectivity index (χ1) is 8.26. The van der Waals surface area contributed by atoms with Crippen LogP contribution in [0.2, 0.25) is 0 Å². The second-order valence-electron chi connectivity index (χ2n) is 4.73. The fourth-order valence-corrected chi connectivity index (χ4v) is 2.58. The number of anilines is 1. The molecule has 3 nitrogen and oxygen atoms in total. The van der Waals surface area contributed by atoms with Gasteiger partial charge in [0.1, 0.15) is 6.07 Å². The first-order valence-electron chi connectivity index (χ1n) is 6.13. The molecule has 2 atom stereocenters. The molecule has 0 heterocycles. The molecule has 2 rings (SSSR count). The zero-order valence-electron chi connectivity index (χ0n) is 10.1. The van der Waals surface area contributed by atoms with Gasteiger partial charge in [-0.25, -0.2) is 0 Å². The Morgan fingerprint density at radius 3 is 3.00 bits per heavy atom. The summed E-state index contributed by atoms with van der Waals surface area (Å²) in [6.07, 6.45) is 3.29. The molecule has 1 aliphatic rings. The van der Waals surface area contributed by atoms with Crippen LogP contribution in [-0.4, -0.2) is 17.8 Å². The van der Waals surface area contributed by atoms with Gasteiger partial charge in [-0.1, -0.05) is 18.6 Å². The van der Waals surface area contributed by atoms with Crippen LogP contribution < -0.4 is 5.32 Å². The molecule has 3 heteroatoms. The topological polar surface area (TPSA) is 56.0 Å². The van der Waals surface area contributed by atoms with E-state index >= 15 is 0 Å². The number of aliphatic hydroxyl groups is 1. The third-order valence-electron chi connectivity index (χ3n) is 3.62. The average Bonchev–Trinajstić information content (AvgIpc) is 2.79. The minimum Gasteiger partial charge on any atom is -0.396 e. The molecule has 0 bridgehead atoms. The lowest BCUT2D eigenvalue weighted by atomic mass is 10.0. The molecule has 1 saturated carbocycles. The molecule has 1 aromatic rings. The lowest BCUT2D eigenvalue weighted by molar-refractivity contribution is 0.222. The highest BCUT2D eigenvalue weighted by atomic mass is 16.3. The molecule has 0 saturated heterocycles. The van der Waals surface area contributed by atoms with Gasteiger partial charge in [0, 0.05) is 18.6 Å². The van der Waals surface area contributed by atoms with Crippen molar-refractivity contribution in [3.05, 3.63) is 29.3 Å². The summed E-state index contributed by atoms with van der Waals surface area (Å²) < 4.78 is 0. The molecular weight excluding hydrogens is 212 g/mol. The number of hydrogen-bond acceptors (Lipinski definition) is 3. The molecule has 1 aromatic carbocycles. The summed E-state index contributed by atoms with van der Waals surface area (Å²) in [7, 11) is 0. The average molecular weight is 230 g/mol. The zero-order chi connectivity index (χ0) is 12.3. The normalized spacial score (nSPS) is 23.4. The van der Waals surface area contributed by atoms with Crippen LogP contribution in [0.25, 0.3) is 0 Å². The standard InChI is InChI=1S/C14H18N2O/c1-10-4-2-5-11(8-15)14(10)16-13-7-3-6-12(13)9-17/h2,4-5,12-13,16-17H,3,6-7,9H2,1H3. The summed E-state index contributed by atoms with van der Waals surface area (Å²) in [5, 5.41) is 21.9. The Morgan fingerprint density at radius 2 is 2.29 bits per heavy atom. The highest BCUT2D eigenvalue weighted by Gasteiger charge is 2.27. The number of benzene rings is 1. The molecule has 0 amide bonds. The number of nitrogens with one attached hydrogen (secondary N) is 1. The first kappa shape index (κ1) is 11.9. The Morgan fingerprint density at radius 1 is 1.47 bits per heavy atom. The third kappa shape index (κ3) is 2.42. The van der Waals surface area contributed by atoms with Gasteiger partial charge in [0.15, 0.2) is 0 Å². The quantitative estimate of drug-likeness (QED) is 0.838. The maximum Gasteiger partial charge on any atom is 0.101 e. The summed E-state index contributed by atoms with van der Waals surface area (Å²) in [5.74, 6) is 0.321. The van der Waals surface area contributed by atoms with E-state index in [-0.39, 0.29) is 6.61 Å². The number of para-hydroxylation sites is 1. The van der Waals surface area contributed by atoms with Gasteiger partial charge in [0.2, 0.25) is 0 Å². The van der Waals surface area contributed by atoms with Crippen molar-refractivity contribution in [1.82, 2.24) is 0 Å². The number of rotatable bonds is 3. The highest BCUT2D eigenvalue weighted by Crippen LogP contribution is 2.30. The lowest BCUT2D eigenvalue weighted by Gasteiger charge is -2.22. The van der Waals surface area contributed by atoms with Crippen molar-refractivity contribution in [3.63, 3.8) is 0 Å². The predicted molar refractivity (Wildman–Crippen MR) is 67.7 cm³/mol. The van der Waals surface area contributed by atoms with Crippen LogP contribution in [0.5, 0.6) is 0 Å². The molecule has 2 N–H and O–H groups in total. The fourth-order valence-electron chi connectivity index (χ4n) is 2.58. The lowest BCUT2D eigenvalue weighted by Crippen LogP contribution is -2.27. The van der Waals surface area contributed by atoms with Crippen molar-refractivity contribution >= 4 is 5.69 Å². The van der Waals surface area contributed by atoms with E-state index in [2.05, 4.69) is 11.4 Å². The van der Waals surface area contributed by atoms with Gasteiger partial charge >= 0.3 is 0 Å². The molecule has 90 valence electrons. The fraction of sp³-hybridized carbons (Fsp3) is 0.500. The number of hydrogen-bond donors (Lipinski definition) is 2. The van der Waals surface area contributed by atoms with Gasteiger partial charge in [-0.3, -0.25) is 0 Å². The number of aliphatic hydroxyl groups excluding tert-OH is 1. The van der Waals surface area contributed by atoms with Crippen LogP contribution in [0.3, 0.4) is 0 Å². The zero-order valence-corrected chi connectivity index (χ0v) is 10.1. The Labute approximate surface area is 102 Å². The van der Waals surface area contributed by atoms with Crippen LogP contribution in [0.1, 0.15) is 30.4 Å². The van der Waals surface area contributed by atoms with Crippen LogP contribution in [0, 0.1) is 24.2 Å². The van der Waals surface area contributed by atoms with E-state index in [1.165, 1.54) is 0 Å². The first-order valence-corrected chi connectivity index (χ1v) is 6.13. The van der Waals surface area contributed by atoms with Crippen molar-refractivity contribution in [1.29, 1.82) is 5.26 Å². The molecule has 0 aromatic heterocycles. The van der Waals surface area contributed by atoms with Crippen molar-refractivity contribution in [2.45, 2.75) is 32.2 Å². The summed E-state index contributed by atoms with van der Waals surface area (Å²) in [4.78, 5) is 0. The van der Waals surface area contributed by atoms with Gasteiger partial charge in [-0.2, -0.15) is 5.26 Å². The van der Waals surface area contributed by atoms with Crippen LogP contribution in [0.15, 0.2) is 18.2 Å². The van der Waals surface area contributed by atoms with Crippen molar-refractivity contribution < 1.29 is 5.11 Å². The molecule has 0 radical (unpaired) electrons. The SMILES string of the molecule is Cc1cccc(C#N)c1NC1CCCC1CO. The Kier molecular flexibility index (Phi) is 3.65. The van der Waals surface area contributed by atoms with Crippen molar-refractivity contribution in [2.24, 2.45) is 5.92 Å². The Balaban J connectivity index is 2.21. The monoisotopic (exact) mass is 230 g/mol. The molecule has 1 fully saturated rings. The van der Waals surface area contributed by atoms with Gasteiger partial charge in [-0.15, -0.1) is 0 Å². The molecular formula is C14H18N2O. The second-order valence-corrected chi connectivity index (χ2v) is 4.73. The minimum absolute atomic E-state index is 0.228. The third-order valence-corrected chi connectivity index (χ3v) is 3.62. The molecule has 17 heavy (non-hydrogen) atoms. The summed E-state index contributed by atoms with van der Waals surface area (Å²) >= 11 is 0. The number of aryl methyl sites for hydroxylation is 1. The molecule has 0 aliphatic heterocycles. The maximum absolute atomic E-state index is 9.31. The van der Waals surface area contributed by atoms with Gasteiger partial charge < -0.3 is 10.4 Å². The molecule has 1 aliphatic carbocycles. The Bertz CT molecular complexity index is 436. The van der Waals surface area contributed by atoms with Crippen LogP contribution in [0.4, 0.5) is 5.69 Å².